The van der Waals surface area contributed by atoms with Crippen molar-refractivity contribution in [2.45, 2.75) is 32.4 Å². The van der Waals surface area contributed by atoms with Gasteiger partial charge in [-0.1, -0.05) is 23.7 Å². The summed E-state index contributed by atoms with van der Waals surface area (Å²) in [6, 6.07) is 11.0. The van der Waals surface area contributed by atoms with Crippen LogP contribution in [0.5, 0.6) is 5.75 Å². The Hall–Kier alpha value is -1.69. The van der Waals surface area contributed by atoms with Gasteiger partial charge in [-0.25, -0.2) is 0 Å². The van der Waals surface area contributed by atoms with Crippen LogP contribution in [0.4, 0.5) is 0 Å². The first-order chi connectivity index (χ1) is 10.8. The summed E-state index contributed by atoms with van der Waals surface area (Å²) in [5, 5.41) is 21.5. The fourth-order valence-corrected chi connectivity index (χ4v) is 2.03. The predicted octanol–water partition coefficient (Wildman–Crippen LogP) is 2.92. The van der Waals surface area contributed by atoms with Crippen LogP contribution in [0, 0.1) is 0 Å². The summed E-state index contributed by atoms with van der Waals surface area (Å²) in [4.78, 5) is 0. The molecule has 1 aromatic heterocycles. The van der Waals surface area contributed by atoms with E-state index in [4.69, 9.17) is 16.3 Å². The van der Waals surface area contributed by atoms with Crippen LogP contribution >= 0.6 is 11.6 Å². The molecule has 0 bridgehead atoms. The first-order valence-electron chi connectivity index (χ1n) is 7.50. The third-order valence-corrected chi connectivity index (χ3v) is 3.30. The number of rotatable bonds is 6. The number of hydrogen-bond acceptors (Lipinski definition) is 5. The van der Waals surface area contributed by atoms with E-state index in [1.165, 1.54) is 0 Å². The number of benzene rings is 1. The number of ether oxygens (including phenoxy) is 1. The molecule has 0 saturated carbocycles. The van der Waals surface area contributed by atoms with Crippen molar-refractivity contribution in [3.05, 3.63) is 41.6 Å². The Kier molecular flexibility index (Phi) is 5.93. The molecule has 0 unspecified atom stereocenters. The second-order valence-electron chi connectivity index (χ2n) is 6.33. The number of nitrogens with zero attached hydrogens (tertiary/aromatic N) is 2. The third-order valence-electron chi connectivity index (χ3n) is 3.09. The molecular weight excluding hydrogens is 314 g/mol. The van der Waals surface area contributed by atoms with Gasteiger partial charge in [0, 0.05) is 17.6 Å². The predicted molar refractivity (Wildman–Crippen MR) is 91.7 cm³/mol. The van der Waals surface area contributed by atoms with Crippen molar-refractivity contribution < 1.29 is 9.84 Å². The van der Waals surface area contributed by atoms with Crippen molar-refractivity contribution in [1.82, 2.24) is 15.5 Å². The highest BCUT2D eigenvalue weighted by Gasteiger charge is 2.14. The van der Waals surface area contributed by atoms with Crippen molar-refractivity contribution in [2.24, 2.45) is 0 Å². The summed E-state index contributed by atoms with van der Waals surface area (Å²) in [5.74, 6) is 0.652. The number of aliphatic hydroxyl groups is 1. The summed E-state index contributed by atoms with van der Waals surface area (Å²) >= 11 is 5.77. The molecule has 0 spiro atoms. The number of nitrogens with one attached hydrogen (secondary N) is 1. The van der Waals surface area contributed by atoms with E-state index in [0.29, 0.717) is 23.1 Å². The van der Waals surface area contributed by atoms with Gasteiger partial charge in [-0.2, -0.15) is 0 Å². The van der Waals surface area contributed by atoms with Gasteiger partial charge >= 0.3 is 0 Å². The van der Waals surface area contributed by atoms with E-state index in [2.05, 4.69) is 36.3 Å². The van der Waals surface area contributed by atoms with E-state index in [9.17, 15) is 5.11 Å². The van der Waals surface area contributed by atoms with E-state index in [1.54, 1.807) is 12.1 Å². The lowest BCUT2D eigenvalue weighted by atomic mass is 10.1. The number of aliphatic hydroxyl groups excluding tert-OH is 1. The fourth-order valence-electron chi connectivity index (χ4n) is 1.93. The Morgan fingerprint density at radius 1 is 1.17 bits per heavy atom. The molecule has 5 nitrogen and oxygen atoms in total. The molecule has 0 amide bonds. The van der Waals surface area contributed by atoms with E-state index in [0.717, 1.165) is 5.56 Å². The topological polar surface area (TPSA) is 67.3 Å². The first-order valence-corrected chi connectivity index (χ1v) is 7.87. The van der Waals surface area contributed by atoms with Crippen LogP contribution in [-0.2, 0) is 0 Å². The van der Waals surface area contributed by atoms with E-state index in [-0.39, 0.29) is 12.1 Å². The van der Waals surface area contributed by atoms with Crippen LogP contribution in [0.25, 0.3) is 11.3 Å². The molecule has 2 aromatic rings. The summed E-state index contributed by atoms with van der Waals surface area (Å²) in [5.41, 5.74) is 1.44. The minimum atomic E-state index is -0.599. The number of hydrogen-bond donors (Lipinski definition) is 2. The molecule has 1 aromatic carbocycles. The number of β-amino-alcohol motifs (C(OH)–C–C–N with tert-alkyl or cyclic N) is 1. The lowest BCUT2D eigenvalue weighted by Crippen LogP contribution is -2.42. The van der Waals surface area contributed by atoms with Gasteiger partial charge in [0.1, 0.15) is 18.5 Å². The van der Waals surface area contributed by atoms with Gasteiger partial charge in [-0.15, -0.1) is 10.2 Å². The molecule has 0 fully saturated rings. The fraction of sp³-hybridized carbons (Fsp3) is 0.412. The Balaban J connectivity index is 2.02. The van der Waals surface area contributed by atoms with Crippen molar-refractivity contribution in [1.29, 1.82) is 0 Å². The highest BCUT2D eigenvalue weighted by Crippen LogP contribution is 2.28. The lowest BCUT2D eigenvalue weighted by molar-refractivity contribution is 0.100. The Bertz CT molecular complexity index is 626. The zero-order chi connectivity index (χ0) is 16.9. The maximum Gasteiger partial charge on any atom is 0.151 e. The quantitative estimate of drug-likeness (QED) is 0.849. The van der Waals surface area contributed by atoms with Crippen molar-refractivity contribution >= 4 is 11.6 Å². The van der Waals surface area contributed by atoms with Crippen molar-refractivity contribution in [3.63, 3.8) is 0 Å². The SMILES string of the molecule is CC(C)(C)NC[C@H](O)COc1ccccc1-c1ccc(Cl)nn1. The molecule has 6 heteroatoms. The van der Waals surface area contributed by atoms with Crippen LogP contribution in [0.15, 0.2) is 36.4 Å². The summed E-state index contributed by atoms with van der Waals surface area (Å²) < 4.78 is 5.76. The van der Waals surface area contributed by atoms with Crippen LogP contribution in [0.1, 0.15) is 20.8 Å². The van der Waals surface area contributed by atoms with E-state index in [1.807, 2.05) is 24.3 Å². The van der Waals surface area contributed by atoms with E-state index >= 15 is 0 Å². The molecule has 2 N–H and O–H groups in total. The number of aromatic nitrogens is 2. The molecule has 0 aliphatic carbocycles. The zero-order valence-corrected chi connectivity index (χ0v) is 14.3. The summed E-state index contributed by atoms with van der Waals surface area (Å²) in [6.07, 6.45) is -0.599. The average molecular weight is 336 g/mol. The standard InChI is InChI=1S/C17H22ClN3O2/c1-17(2,3)19-10-12(22)11-23-15-7-5-4-6-13(15)14-8-9-16(18)21-20-14/h4-9,12,19,22H,10-11H2,1-3H3/t12-/m0/s1. The van der Waals surface area contributed by atoms with Gasteiger partial charge in [-0.3, -0.25) is 0 Å². The molecule has 0 aliphatic heterocycles. The van der Waals surface area contributed by atoms with Gasteiger partial charge in [0.15, 0.2) is 5.15 Å². The Labute approximate surface area is 141 Å². The molecule has 1 atom stereocenters. The molecule has 2 rings (SSSR count). The van der Waals surface area contributed by atoms with Gasteiger partial charge in [0.05, 0.1) is 5.69 Å². The lowest BCUT2D eigenvalue weighted by Gasteiger charge is -2.23. The van der Waals surface area contributed by atoms with E-state index < -0.39 is 6.10 Å². The monoisotopic (exact) mass is 335 g/mol. The van der Waals surface area contributed by atoms with Gasteiger partial charge in [-0.05, 0) is 45.0 Å². The van der Waals surface area contributed by atoms with Crippen LogP contribution in [0.3, 0.4) is 0 Å². The zero-order valence-electron chi connectivity index (χ0n) is 13.6. The smallest absolute Gasteiger partial charge is 0.151 e. The maximum atomic E-state index is 10.0. The van der Waals surface area contributed by atoms with Crippen molar-refractivity contribution in [3.8, 4) is 17.0 Å². The van der Waals surface area contributed by atoms with Gasteiger partial charge < -0.3 is 15.2 Å². The second kappa shape index (κ2) is 7.73. The largest absolute Gasteiger partial charge is 0.490 e. The molecule has 0 aliphatic rings. The third kappa shape index (κ3) is 5.78. The summed E-state index contributed by atoms with van der Waals surface area (Å²) in [6.45, 7) is 6.81. The highest BCUT2D eigenvalue weighted by molar-refractivity contribution is 6.29. The molecule has 0 radical (unpaired) electrons. The average Bonchev–Trinajstić information content (AvgIpc) is 2.51. The van der Waals surface area contributed by atoms with Gasteiger partial charge in [0.25, 0.3) is 0 Å². The molecule has 1 heterocycles. The maximum absolute atomic E-state index is 10.0. The first kappa shape index (κ1) is 17.7. The van der Waals surface area contributed by atoms with Crippen molar-refractivity contribution in [2.75, 3.05) is 13.2 Å². The number of halogens is 1. The molecule has 0 saturated heterocycles. The van der Waals surface area contributed by atoms with Crippen LogP contribution in [0.2, 0.25) is 5.15 Å². The molecule has 23 heavy (non-hydrogen) atoms. The van der Waals surface area contributed by atoms with Crippen LogP contribution < -0.4 is 10.1 Å². The second-order valence-corrected chi connectivity index (χ2v) is 6.72. The molecule has 124 valence electrons. The Morgan fingerprint density at radius 3 is 2.57 bits per heavy atom. The minimum Gasteiger partial charge on any atom is -0.490 e. The summed E-state index contributed by atoms with van der Waals surface area (Å²) in [7, 11) is 0. The Morgan fingerprint density at radius 2 is 1.91 bits per heavy atom. The highest BCUT2D eigenvalue weighted by atomic mass is 35.5. The van der Waals surface area contributed by atoms with Gasteiger partial charge in [0.2, 0.25) is 0 Å². The van der Waals surface area contributed by atoms with Crippen LogP contribution in [-0.4, -0.2) is 40.1 Å². The number of para-hydroxylation sites is 1. The molecular formula is C17H22ClN3O2. The normalized spacial score (nSPS) is 12.9. The minimum absolute atomic E-state index is 0.0439.